The molecule has 1 atom stereocenters. The van der Waals surface area contributed by atoms with Gasteiger partial charge >= 0.3 is 5.97 Å². The van der Waals surface area contributed by atoms with Crippen LogP contribution in [0.15, 0.2) is 47.8 Å². The molecule has 0 radical (unpaired) electrons. The van der Waals surface area contributed by atoms with Gasteiger partial charge in [-0.1, -0.05) is 18.2 Å². The third-order valence-corrected chi connectivity index (χ3v) is 7.42. The van der Waals surface area contributed by atoms with Gasteiger partial charge in [0.15, 0.2) is 5.03 Å². The van der Waals surface area contributed by atoms with Gasteiger partial charge in [-0.25, -0.2) is 32.3 Å². The first kappa shape index (κ1) is 24.4. The molecule has 11 heteroatoms. The molecule has 1 aliphatic rings. The Morgan fingerprint density at radius 2 is 1.91 bits per heavy atom. The minimum Gasteiger partial charge on any atom is -0.478 e. The van der Waals surface area contributed by atoms with E-state index in [-0.39, 0.29) is 28.6 Å². The van der Waals surface area contributed by atoms with Gasteiger partial charge in [0.05, 0.1) is 5.56 Å². The van der Waals surface area contributed by atoms with Crippen LogP contribution in [-0.4, -0.2) is 35.4 Å². The van der Waals surface area contributed by atoms with Gasteiger partial charge in [-0.05, 0) is 66.6 Å². The van der Waals surface area contributed by atoms with Crippen LogP contribution in [-0.2, 0) is 23.0 Å². The molecule has 9 nitrogen and oxygen atoms in total. The maximum atomic E-state index is 13.4. The maximum Gasteiger partial charge on any atom is 0.335 e. The molecule has 0 bridgehead atoms. The first-order valence-electron chi connectivity index (χ1n) is 10.8. The fraction of sp³-hybridized carbons (Fsp3) is 0.250. The van der Waals surface area contributed by atoms with Crippen LogP contribution in [0.4, 0.5) is 4.39 Å². The van der Waals surface area contributed by atoms with Gasteiger partial charge in [0, 0.05) is 18.7 Å². The van der Waals surface area contributed by atoms with Crippen LogP contribution in [0.2, 0.25) is 0 Å². The van der Waals surface area contributed by atoms with Crippen molar-refractivity contribution in [2.75, 3.05) is 0 Å². The molecule has 0 aliphatic heterocycles. The molecular weight excluding hydrogens is 475 g/mol. The van der Waals surface area contributed by atoms with Crippen LogP contribution in [0, 0.1) is 19.7 Å². The molecule has 1 amide bonds. The van der Waals surface area contributed by atoms with Crippen molar-refractivity contribution in [3.63, 3.8) is 0 Å². The molecule has 182 valence electrons. The Kier molecular flexibility index (Phi) is 6.64. The summed E-state index contributed by atoms with van der Waals surface area (Å²) in [4.78, 5) is 31.6. The molecule has 0 unspecified atom stereocenters. The number of carboxylic acid groups (broad SMARTS) is 1. The SMILES string of the molecule is Cc1cc(CNC(=O)c2cc(S(=O)(=O)N[C@H]3CCc4c3ccc(C(=O)O)c4C)ncn2)ccc1F. The Hall–Kier alpha value is -3.70. The second-order valence-corrected chi connectivity index (χ2v) is 9.99. The molecular formula is C24H23FN4O5S. The number of nitrogens with zero attached hydrogens (tertiary/aromatic N) is 2. The highest BCUT2D eigenvalue weighted by molar-refractivity contribution is 7.89. The molecule has 1 heterocycles. The number of nitrogens with one attached hydrogen (secondary N) is 2. The Labute approximate surface area is 201 Å². The lowest BCUT2D eigenvalue weighted by molar-refractivity contribution is 0.0695. The molecule has 1 aromatic heterocycles. The molecule has 1 aliphatic carbocycles. The van der Waals surface area contributed by atoms with Crippen molar-refractivity contribution in [3.05, 3.63) is 87.6 Å². The van der Waals surface area contributed by atoms with E-state index in [9.17, 15) is 27.5 Å². The fourth-order valence-corrected chi connectivity index (χ4v) is 5.38. The van der Waals surface area contributed by atoms with Gasteiger partial charge < -0.3 is 10.4 Å². The highest BCUT2D eigenvalue weighted by Crippen LogP contribution is 2.35. The van der Waals surface area contributed by atoms with Crippen LogP contribution in [0.3, 0.4) is 0 Å². The zero-order valence-electron chi connectivity index (χ0n) is 19.0. The number of aryl methyl sites for hydroxylation is 1. The average Bonchev–Trinajstić information content (AvgIpc) is 3.22. The monoisotopic (exact) mass is 498 g/mol. The first-order chi connectivity index (χ1) is 16.6. The van der Waals surface area contributed by atoms with Gasteiger partial charge in [0.2, 0.25) is 0 Å². The van der Waals surface area contributed by atoms with Gasteiger partial charge in [-0.15, -0.1) is 0 Å². The number of benzene rings is 2. The van der Waals surface area contributed by atoms with E-state index in [1.165, 1.54) is 12.1 Å². The topological polar surface area (TPSA) is 138 Å². The number of carboxylic acids is 1. The van der Waals surface area contributed by atoms with Crippen LogP contribution in [0.5, 0.6) is 0 Å². The minimum atomic E-state index is -4.10. The highest BCUT2D eigenvalue weighted by Gasteiger charge is 2.30. The smallest absolute Gasteiger partial charge is 0.335 e. The molecule has 0 spiro atoms. The van der Waals surface area contributed by atoms with E-state index in [0.29, 0.717) is 29.5 Å². The van der Waals surface area contributed by atoms with E-state index >= 15 is 0 Å². The summed E-state index contributed by atoms with van der Waals surface area (Å²) in [7, 11) is -4.10. The Morgan fingerprint density at radius 3 is 2.63 bits per heavy atom. The standard InChI is InChI=1S/C24H23FN4O5S/c1-13-9-15(3-7-19(13)25)11-26-23(30)21-10-22(28-12-27-21)35(33,34)29-20-8-6-16-14(2)17(24(31)32)4-5-18(16)20/h3-5,7,9-10,12,20,29H,6,8,11H2,1-2H3,(H,26,30)(H,31,32)/t20-/m0/s1. The zero-order chi connectivity index (χ0) is 25.3. The number of carbonyl (C=O) groups excluding carboxylic acids is 1. The average molecular weight is 499 g/mol. The van der Waals surface area contributed by atoms with E-state index in [1.807, 2.05) is 0 Å². The third kappa shape index (κ3) is 5.05. The van der Waals surface area contributed by atoms with Crippen LogP contribution >= 0.6 is 0 Å². The number of rotatable bonds is 7. The van der Waals surface area contributed by atoms with Gasteiger partial charge in [-0.3, -0.25) is 4.79 Å². The molecule has 3 aromatic rings. The van der Waals surface area contributed by atoms with Crippen molar-refractivity contribution in [1.29, 1.82) is 0 Å². The number of hydrogen-bond acceptors (Lipinski definition) is 6. The molecule has 2 aromatic carbocycles. The first-order valence-corrected chi connectivity index (χ1v) is 12.3. The molecule has 0 saturated heterocycles. The summed E-state index contributed by atoms with van der Waals surface area (Å²) in [5.74, 6) is -1.98. The summed E-state index contributed by atoms with van der Waals surface area (Å²) in [5, 5.41) is 11.6. The second-order valence-electron chi connectivity index (χ2n) is 8.33. The Balaban J connectivity index is 1.49. The molecule has 0 fully saturated rings. The van der Waals surface area contributed by atoms with Crippen molar-refractivity contribution in [2.24, 2.45) is 0 Å². The number of fused-ring (bicyclic) bond motifs is 1. The number of halogens is 1. The maximum absolute atomic E-state index is 13.4. The van der Waals surface area contributed by atoms with Crippen LogP contribution < -0.4 is 10.0 Å². The summed E-state index contributed by atoms with van der Waals surface area (Å²) in [6.45, 7) is 3.44. The zero-order valence-corrected chi connectivity index (χ0v) is 19.8. The van der Waals surface area contributed by atoms with Crippen molar-refractivity contribution in [3.8, 4) is 0 Å². The van der Waals surface area contributed by atoms with Crippen molar-refractivity contribution < 1.29 is 27.5 Å². The van der Waals surface area contributed by atoms with Crippen molar-refractivity contribution in [1.82, 2.24) is 20.0 Å². The Morgan fingerprint density at radius 1 is 1.14 bits per heavy atom. The largest absolute Gasteiger partial charge is 0.478 e. The predicted octanol–water partition coefficient (Wildman–Crippen LogP) is 2.83. The number of carbonyl (C=O) groups is 2. The quantitative estimate of drug-likeness (QED) is 0.426. The van der Waals surface area contributed by atoms with Crippen LogP contribution in [0.1, 0.15) is 61.1 Å². The summed E-state index contributed by atoms with van der Waals surface area (Å²) in [6.07, 6.45) is 2.00. The lowest BCUT2D eigenvalue weighted by Crippen LogP contribution is -2.29. The highest BCUT2D eigenvalue weighted by atomic mass is 32.2. The summed E-state index contributed by atoms with van der Waals surface area (Å²) >= 11 is 0. The Bertz CT molecular complexity index is 1440. The van der Waals surface area contributed by atoms with Crippen molar-refractivity contribution in [2.45, 2.75) is 44.3 Å². The van der Waals surface area contributed by atoms with E-state index in [2.05, 4.69) is 20.0 Å². The van der Waals surface area contributed by atoms with E-state index in [1.54, 1.807) is 32.0 Å². The fourth-order valence-electron chi connectivity index (χ4n) is 4.18. The molecule has 4 rings (SSSR count). The number of aromatic carboxylic acids is 1. The number of hydrogen-bond donors (Lipinski definition) is 3. The van der Waals surface area contributed by atoms with E-state index < -0.39 is 27.9 Å². The lowest BCUT2D eigenvalue weighted by Gasteiger charge is -2.15. The summed E-state index contributed by atoms with van der Waals surface area (Å²) in [5.41, 5.74) is 3.34. The summed E-state index contributed by atoms with van der Waals surface area (Å²) in [6, 6.07) is 8.09. The third-order valence-electron chi connectivity index (χ3n) is 6.05. The van der Waals surface area contributed by atoms with Gasteiger partial charge in [0.1, 0.15) is 17.8 Å². The normalized spacial score (nSPS) is 15.0. The second kappa shape index (κ2) is 9.51. The predicted molar refractivity (Wildman–Crippen MR) is 124 cm³/mol. The minimum absolute atomic E-state index is 0.112. The lowest BCUT2D eigenvalue weighted by atomic mass is 9.98. The van der Waals surface area contributed by atoms with E-state index in [0.717, 1.165) is 23.5 Å². The van der Waals surface area contributed by atoms with Crippen molar-refractivity contribution >= 4 is 21.9 Å². The summed E-state index contributed by atoms with van der Waals surface area (Å²) < 4.78 is 42.1. The van der Waals surface area contributed by atoms with Gasteiger partial charge in [0.25, 0.3) is 15.9 Å². The number of aromatic nitrogens is 2. The van der Waals surface area contributed by atoms with Gasteiger partial charge in [-0.2, -0.15) is 0 Å². The number of amides is 1. The molecule has 35 heavy (non-hydrogen) atoms. The molecule has 0 saturated carbocycles. The number of sulfonamides is 1. The molecule has 3 N–H and O–H groups in total. The van der Waals surface area contributed by atoms with E-state index in [4.69, 9.17) is 0 Å². The van der Waals surface area contributed by atoms with Crippen LogP contribution in [0.25, 0.3) is 0 Å².